The van der Waals surface area contributed by atoms with Gasteiger partial charge in [-0.1, -0.05) is 52.3 Å². The van der Waals surface area contributed by atoms with E-state index in [9.17, 15) is 19.2 Å². The number of carbonyl (C=O) groups excluding carboxylic acids is 4. The van der Waals surface area contributed by atoms with Crippen LogP contribution in [0, 0.1) is 5.92 Å². The number of hydrogen-bond donors (Lipinski definition) is 4. The maximum Gasteiger partial charge on any atom is 0.407 e. The van der Waals surface area contributed by atoms with Crippen LogP contribution in [0.15, 0.2) is 36.4 Å². The Kier molecular flexibility index (Phi) is 15.3. The van der Waals surface area contributed by atoms with Crippen LogP contribution < -0.4 is 21.3 Å². The van der Waals surface area contributed by atoms with Gasteiger partial charge in [0.2, 0.25) is 11.8 Å². The summed E-state index contributed by atoms with van der Waals surface area (Å²) in [6.07, 6.45) is 2.85. The normalized spacial score (nSPS) is 14.0. The van der Waals surface area contributed by atoms with Crippen LogP contribution in [-0.4, -0.2) is 76.0 Å². The van der Waals surface area contributed by atoms with E-state index in [4.69, 9.17) is 14.2 Å². The maximum absolute atomic E-state index is 13.3. The Morgan fingerprint density at radius 2 is 1.62 bits per heavy atom. The molecule has 2 unspecified atom stereocenters. The third kappa shape index (κ3) is 10.0. The highest BCUT2D eigenvalue weighted by Crippen LogP contribution is 2.47. The van der Waals surface area contributed by atoms with E-state index in [0.717, 1.165) is 41.5 Å². The summed E-state index contributed by atoms with van der Waals surface area (Å²) in [4.78, 5) is 51.4. The van der Waals surface area contributed by atoms with Gasteiger partial charge in [-0.05, 0) is 72.6 Å². The molecule has 48 heavy (non-hydrogen) atoms. The van der Waals surface area contributed by atoms with Gasteiger partial charge < -0.3 is 35.5 Å². The Bertz CT molecular complexity index is 1390. The molecule has 0 radical (unpaired) electrons. The van der Waals surface area contributed by atoms with Crippen LogP contribution in [0.4, 0.5) is 10.5 Å². The summed E-state index contributed by atoms with van der Waals surface area (Å²) >= 11 is 0. The first kappa shape index (κ1) is 38.5. The number of ether oxygens (including phenoxy) is 3. The van der Waals surface area contributed by atoms with Crippen molar-refractivity contribution in [3.05, 3.63) is 53.1 Å². The Morgan fingerprint density at radius 3 is 2.31 bits per heavy atom. The molecule has 264 valence electrons. The molecule has 4 amide bonds. The number of hydrogen-bond acceptors (Lipinski definition) is 7. The molecule has 0 saturated carbocycles. The Balaban J connectivity index is 1.81. The molecule has 1 aliphatic carbocycles. The number of alkyl carbamates (subject to hydrolysis) is 1. The van der Waals surface area contributed by atoms with Crippen molar-refractivity contribution in [1.82, 2.24) is 16.0 Å². The lowest BCUT2D eigenvalue weighted by molar-refractivity contribution is -0.121. The van der Waals surface area contributed by atoms with E-state index in [1.54, 1.807) is 19.2 Å². The van der Waals surface area contributed by atoms with Crippen molar-refractivity contribution in [2.24, 2.45) is 5.92 Å². The van der Waals surface area contributed by atoms with Crippen molar-refractivity contribution in [3.8, 4) is 11.1 Å². The van der Waals surface area contributed by atoms with Gasteiger partial charge in [0.15, 0.2) is 0 Å². The van der Waals surface area contributed by atoms with Crippen molar-refractivity contribution in [2.75, 3.05) is 51.9 Å². The zero-order valence-electron chi connectivity index (χ0n) is 29.5. The molecule has 11 nitrogen and oxygen atoms in total. The van der Waals surface area contributed by atoms with E-state index in [1.165, 1.54) is 0 Å². The molecular formula is C37H54N4O7. The molecule has 2 aromatic rings. The third-order valence-electron chi connectivity index (χ3n) is 9.42. The van der Waals surface area contributed by atoms with E-state index < -0.39 is 6.09 Å². The van der Waals surface area contributed by atoms with Gasteiger partial charge >= 0.3 is 6.09 Å². The molecule has 0 bridgehead atoms. The lowest BCUT2D eigenvalue weighted by Crippen LogP contribution is -2.52. The summed E-state index contributed by atoms with van der Waals surface area (Å²) in [5.74, 6) is -0.638. The summed E-state index contributed by atoms with van der Waals surface area (Å²) in [5.41, 5.74) is 4.07. The number of methoxy groups -OCH3 is 1. The molecule has 0 heterocycles. The van der Waals surface area contributed by atoms with Crippen molar-refractivity contribution < 1.29 is 33.4 Å². The number of nitrogens with one attached hydrogen (secondary N) is 4. The Hall–Kier alpha value is -3.96. The summed E-state index contributed by atoms with van der Waals surface area (Å²) in [6, 6.07) is 11.1. The first-order valence-electron chi connectivity index (χ1n) is 17.3. The lowest BCUT2D eigenvalue weighted by Gasteiger charge is -2.38. The topological polar surface area (TPSA) is 144 Å². The van der Waals surface area contributed by atoms with Crippen LogP contribution in [0.25, 0.3) is 11.1 Å². The minimum absolute atomic E-state index is 0.0560. The minimum atomic E-state index is -0.478. The van der Waals surface area contributed by atoms with E-state index in [2.05, 4.69) is 49.0 Å². The monoisotopic (exact) mass is 666 g/mol. The molecule has 11 heteroatoms. The molecule has 0 aliphatic heterocycles. The number of rotatable bonds is 20. The van der Waals surface area contributed by atoms with Crippen molar-refractivity contribution >= 4 is 29.5 Å². The lowest BCUT2D eigenvalue weighted by atomic mass is 9.79. The minimum Gasteiger partial charge on any atom is -0.449 e. The molecule has 0 saturated heterocycles. The van der Waals surface area contributed by atoms with Crippen molar-refractivity contribution in [3.63, 3.8) is 0 Å². The van der Waals surface area contributed by atoms with Crippen LogP contribution in [0.2, 0.25) is 0 Å². The predicted molar refractivity (Wildman–Crippen MR) is 187 cm³/mol. The third-order valence-corrected chi connectivity index (χ3v) is 9.42. The molecule has 2 aromatic carbocycles. The molecule has 0 fully saturated rings. The quantitative estimate of drug-likeness (QED) is 0.131. The standard InChI is InChI=1S/C37H54N4O7/c1-7-25(5)37(8-2,9-3)41-36(45)48-24-31-27-13-11-14-29(35(44)39-19-21-46-6)34(27)28-18-17-26(23-30(28)31)40-33(43)16-12-15-32(42)38-20-22-47-10-4/h11,13-14,17-18,23,25,31H,7-10,12,15-16,19-22,24H2,1-6H3,(H,38,42)(H,39,44)(H,40,43)(H,41,45). The molecule has 1 aliphatic rings. The van der Waals surface area contributed by atoms with Gasteiger partial charge in [-0.2, -0.15) is 0 Å². The molecule has 3 rings (SSSR count). The average molecular weight is 667 g/mol. The average Bonchev–Trinajstić information content (AvgIpc) is 3.40. The van der Waals surface area contributed by atoms with Crippen LogP contribution >= 0.6 is 0 Å². The van der Waals surface area contributed by atoms with Crippen LogP contribution in [0.5, 0.6) is 0 Å². The summed E-state index contributed by atoms with van der Waals surface area (Å²) < 4.78 is 16.2. The Labute approximate surface area is 285 Å². The number of amides is 4. The fourth-order valence-corrected chi connectivity index (χ4v) is 6.38. The zero-order valence-corrected chi connectivity index (χ0v) is 29.5. The van der Waals surface area contributed by atoms with Crippen molar-refractivity contribution in [1.29, 1.82) is 0 Å². The summed E-state index contributed by atoms with van der Waals surface area (Å²) in [5, 5.41) is 11.8. The van der Waals surface area contributed by atoms with Gasteiger partial charge in [-0.25, -0.2) is 4.79 Å². The van der Waals surface area contributed by atoms with Crippen molar-refractivity contribution in [2.45, 2.75) is 84.6 Å². The van der Waals surface area contributed by atoms with Gasteiger partial charge in [0.25, 0.3) is 5.91 Å². The number of fused-ring (bicyclic) bond motifs is 3. The van der Waals surface area contributed by atoms with Gasteiger partial charge in [0.05, 0.1) is 13.2 Å². The molecular weight excluding hydrogens is 612 g/mol. The van der Waals surface area contributed by atoms with E-state index in [-0.39, 0.29) is 54.5 Å². The molecule has 0 spiro atoms. The highest BCUT2D eigenvalue weighted by molar-refractivity contribution is 6.04. The highest BCUT2D eigenvalue weighted by Gasteiger charge is 2.36. The summed E-state index contributed by atoms with van der Waals surface area (Å²) in [7, 11) is 1.58. The highest BCUT2D eigenvalue weighted by atomic mass is 16.5. The summed E-state index contributed by atoms with van der Waals surface area (Å²) in [6.45, 7) is 12.6. The second kappa shape index (κ2) is 19.1. The number of benzene rings is 2. The second-order valence-electron chi connectivity index (χ2n) is 12.2. The van der Waals surface area contributed by atoms with E-state index in [1.807, 2.05) is 31.2 Å². The Morgan fingerprint density at radius 1 is 0.896 bits per heavy atom. The van der Waals surface area contributed by atoms with E-state index in [0.29, 0.717) is 50.6 Å². The predicted octanol–water partition coefficient (Wildman–Crippen LogP) is 5.77. The molecule has 4 N–H and O–H groups in total. The second-order valence-corrected chi connectivity index (χ2v) is 12.2. The van der Waals surface area contributed by atoms with E-state index >= 15 is 0 Å². The fraction of sp³-hybridized carbons (Fsp3) is 0.568. The smallest absolute Gasteiger partial charge is 0.407 e. The van der Waals surface area contributed by atoms with Gasteiger partial charge in [0.1, 0.15) is 6.61 Å². The molecule has 0 aromatic heterocycles. The van der Waals surface area contributed by atoms with Gasteiger partial charge in [0, 0.05) is 62.4 Å². The van der Waals surface area contributed by atoms with Gasteiger partial charge in [-0.3, -0.25) is 14.4 Å². The number of anilines is 1. The largest absolute Gasteiger partial charge is 0.449 e. The first-order valence-corrected chi connectivity index (χ1v) is 17.3. The SMILES string of the molecule is CCOCCNC(=O)CCCC(=O)Nc1ccc2c(c1)C(COC(=O)NC(CC)(CC)C(C)CC)c1cccc(C(=O)NCCOC)c1-2. The maximum atomic E-state index is 13.3. The van der Waals surface area contributed by atoms with Crippen LogP contribution in [-0.2, 0) is 23.8 Å². The fourth-order valence-electron chi connectivity index (χ4n) is 6.38. The number of carbonyl (C=O) groups is 4. The van der Waals surface area contributed by atoms with Gasteiger partial charge in [-0.15, -0.1) is 0 Å². The van der Waals surface area contributed by atoms with Crippen LogP contribution in [0.3, 0.4) is 0 Å². The zero-order chi connectivity index (χ0) is 35.1. The first-order chi connectivity index (χ1) is 23.1. The van der Waals surface area contributed by atoms with Crippen LogP contribution in [0.1, 0.15) is 101 Å². The molecule has 2 atom stereocenters.